The van der Waals surface area contributed by atoms with Crippen molar-refractivity contribution in [3.63, 3.8) is 0 Å². The molecule has 0 aliphatic carbocycles. The Labute approximate surface area is 166 Å². The van der Waals surface area contributed by atoms with Crippen molar-refractivity contribution in [3.8, 4) is 5.75 Å². The third kappa shape index (κ3) is 6.94. The smallest absolute Gasteiger partial charge is 0.407 e. The number of piperidine rings is 1. The van der Waals surface area contributed by atoms with E-state index in [2.05, 4.69) is 5.32 Å². The van der Waals surface area contributed by atoms with Gasteiger partial charge in [-0.05, 0) is 65.2 Å². The van der Waals surface area contributed by atoms with Gasteiger partial charge in [-0.3, -0.25) is 4.79 Å². The average Bonchev–Trinajstić information content (AvgIpc) is 2.58. The third-order valence-corrected chi connectivity index (χ3v) is 4.48. The molecule has 1 aliphatic heterocycles. The monoisotopic (exact) mass is 396 g/mol. The van der Waals surface area contributed by atoms with Gasteiger partial charge >= 0.3 is 6.09 Å². The molecule has 1 saturated heterocycles. The van der Waals surface area contributed by atoms with E-state index in [1.54, 1.807) is 36.1 Å². The minimum Gasteiger partial charge on any atom is -0.481 e. The number of carbonyl (C=O) groups excluding carboxylic acids is 2. The Morgan fingerprint density at radius 2 is 2.07 bits per heavy atom. The second-order valence-electron chi connectivity index (χ2n) is 7.78. The molecule has 0 unspecified atom stereocenters. The minimum absolute atomic E-state index is 0.0656. The molecule has 1 N–H and O–H groups in total. The van der Waals surface area contributed by atoms with Crippen molar-refractivity contribution in [1.82, 2.24) is 10.2 Å². The lowest BCUT2D eigenvalue weighted by Gasteiger charge is -2.37. The first-order chi connectivity index (χ1) is 12.7. The van der Waals surface area contributed by atoms with E-state index in [9.17, 15) is 9.59 Å². The number of nitrogens with zero attached hydrogens (tertiary/aromatic N) is 1. The molecular formula is C20H29ClN2O4. The molecular weight excluding hydrogens is 368 g/mol. The van der Waals surface area contributed by atoms with Gasteiger partial charge in [-0.25, -0.2) is 4.79 Å². The fraction of sp³-hybridized carbons (Fsp3) is 0.600. The number of hydrogen-bond acceptors (Lipinski definition) is 4. The summed E-state index contributed by atoms with van der Waals surface area (Å²) in [5, 5.41) is 3.34. The van der Waals surface area contributed by atoms with Crippen molar-refractivity contribution in [2.45, 2.75) is 64.7 Å². The lowest BCUT2D eigenvalue weighted by molar-refractivity contribution is -0.141. The molecule has 0 radical (unpaired) electrons. The lowest BCUT2D eigenvalue weighted by Crippen LogP contribution is -2.53. The molecule has 2 amide bonds. The average molecular weight is 397 g/mol. The topological polar surface area (TPSA) is 67.9 Å². The predicted octanol–water partition coefficient (Wildman–Crippen LogP) is 4.01. The maximum absolute atomic E-state index is 12.9. The van der Waals surface area contributed by atoms with Crippen LogP contribution in [-0.2, 0) is 9.53 Å². The molecule has 0 aromatic heterocycles. The van der Waals surface area contributed by atoms with E-state index in [1.165, 1.54) is 0 Å². The van der Waals surface area contributed by atoms with Crippen LogP contribution in [-0.4, -0.2) is 47.7 Å². The summed E-state index contributed by atoms with van der Waals surface area (Å²) < 4.78 is 11.0. The first kappa shape index (κ1) is 21.4. The Morgan fingerprint density at radius 1 is 1.33 bits per heavy atom. The number of likely N-dealkylation sites (tertiary alicyclic amines) is 1. The quantitative estimate of drug-likeness (QED) is 0.816. The molecule has 0 saturated carbocycles. The van der Waals surface area contributed by atoms with Gasteiger partial charge in [-0.15, -0.1) is 0 Å². The highest BCUT2D eigenvalue weighted by Crippen LogP contribution is 2.22. The standard InChI is InChI=1S/C20H29ClN2O4/c1-14(26-17-10-7-8-15(21)12-17)18(24)23-11-6-5-9-16(23)13-22-19(25)27-20(2,3)4/h7-8,10,12,14,16H,5-6,9,11,13H2,1-4H3,(H,22,25)/t14-,16+/m0/s1. The zero-order chi connectivity index (χ0) is 20.0. The molecule has 2 atom stereocenters. The number of ether oxygens (including phenoxy) is 2. The highest BCUT2D eigenvalue weighted by atomic mass is 35.5. The highest BCUT2D eigenvalue weighted by Gasteiger charge is 2.31. The van der Waals surface area contributed by atoms with Gasteiger partial charge in [0.05, 0.1) is 0 Å². The van der Waals surface area contributed by atoms with Gasteiger partial charge in [0.25, 0.3) is 5.91 Å². The molecule has 150 valence electrons. The van der Waals surface area contributed by atoms with E-state index in [1.807, 2.05) is 20.8 Å². The molecule has 1 heterocycles. The fourth-order valence-electron chi connectivity index (χ4n) is 3.05. The number of amides is 2. The van der Waals surface area contributed by atoms with Crippen molar-refractivity contribution in [2.75, 3.05) is 13.1 Å². The number of hydrogen-bond donors (Lipinski definition) is 1. The summed E-state index contributed by atoms with van der Waals surface area (Å²) in [5.41, 5.74) is -0.550. The van der Waals surface area contributed by atoms with Crippen LogP contribution >= 0.6 is 11.6 Å². The van der Waals surface area contributed by atoms with Gasteiger partial charge < -0.3 is 19.7 Å². The molecule has 1 aromatic rings. The molecule has 2 rings (SSSR count). The second-order valence-corrected chi connectivity index (χ2v) is 8.22. The summed E-state index contributed by atoms with van der Waals surface area (Å²) >= 11 is 5.97. The largest absolute Gasteiger partial charge is 0.481 e. The van der Waals surface area contributed by atoms with E-state index >= 15 is 0 Å². The van der Waals surface area contributed by atoms with E-state index in [0.717, 1.165) is 19.3 Å². The number of benzene rings is 1. The van der Waals surface area contributed by atoms with Crippen LogP contribution in [0.1, 0.15) is 47.0 Å². The first-order valence-electron chi connectivity index (χ1n) is 9.35. The summed E-state index contributed by atoms with van der Waals surface area (Å²) in [5.74, 6) is 0.467. The van der Waals surface area contributed by atoms with Gasteiger partial charge in [0.15, 0.2) is 6.10 Å². The van der Waals surface area contributed by atoms with Crippen LogP contribution in [0.3, 0.4) is 0 Å². The molecule has 1 aromatic carbocycles. The number of nitrogens with one attached hydrogen (secondary N) is 1. The van der Waals surface area contributed by atoms with Crippen molar-refractivity contribution < 1.29 is 19.1 Å². The molecule has 6 nitrogen and oxygen atoms in total. The van der Waals surface area contributed by atoms with Gasteiger partial charge in [-0.2, -0.15) is 0 Å². The minimum atomic E-state index is -0.634. The molecule has 1 fully saturated rings. The van der Waals surface area contributed by atoms with Gasteiger partial charge in [0, 0.05) is 24.2 Å². The highest BCUT2D eigenvalue weighted by molar-refractivity contribution is 6.30. The normalized spacial score (nSPS) is 18.6. The van der Waals surface area contributed by atoms with Crippen LogP contribution in [0.4, 0.5) is 4.79 Å². The van der Waals surface area contributed by atoms with E-state index in [0.29, 0.717) is 23.9 Å². The van der Waals surface area contributed by atoms with E-state index in [4.69, 9.17) is 21.1 Å². The van der Waals surface area contributed by atoms with Crippen LogP contribution in [0.25, 0.3) is 0 Å². The first-order valence-corrected chi connectivity index (χ1v) is 9.73. The van der Waals surface area contributed by atoms with Gasteiger partial charge in [0.1, 0.15) is 11.4 Å². The second kappa shape index (κ2) is 9.31. The Bertz CT molecular complexity index is 660. The fourth-order valence-corrected chi connectivity index (χ4v) is 3.23. The zero-order valence-corrected chi connectivity index (χ0v) is 17.2. The third-order valence-electron chi connectivity index (χ3n) is 4.25. The molecule has 27 heavy (non-hydrogen) atoms. The van der Waals surface area contributed by atoms with Crippen LogP contribution < -0.4 is 10.1 Å². The molecule has 0 bridgehead atoms. The molecule has 7 heteroatoms. The van der Waals surface area contributed by atoms with Gasteiger partial charge in [-0.1, -0.05) is 17.7 Å². The van der Waals surface area contributed by atoms with Crippen LogP contribution in [0, 0.1) is 0 Å². The van der Waals surface area contributed by atoms with Gasteiger partial charge in [0.2, 0.25) is 0 Å². The summed E-state index contributed by atoms with van der Waals surface area (Å²) in [6.45, 7) is 8.21. The number of halogens is 1. The van der Waals surface area contributed by atoms with Crippen molar-refractivity contribution in [1.29, 1.82) is 0 Å². The molecule has 0 spiro atoms. The van der Waals surface area contributed by atoms with Crippen molar-refractivity contribution in [2.24, 2.45) is 0 Å². The van der Waals surface area contributed by atoms with Crippen LogP contribution in [0.5, 0.6) is 5.75 Å². The number of rotatable bonds is 5. The summed E-state index contributed by atoms with van der Waals surface area (Å²) in [6, 6.07) is 6.92. The Morgan fingerprint density at radius 3 is 2.74 bits per heavy atom. The number of carbonyl (C=O) groups is 2. The van der Waals surface area contributed by atoms with E-state index < -0.39 is 17.8 Å². The Balaban J connectivity index is 1.94. The number of alkyl carbamates (subject to hydrolysis) is 1. The summed E-state index contributed by atoms with van der Waals surface area (Å²) in [6.07, 6.45) is 1.70. The maximum atomic E-state index is 12.9. The summed E-state index contributed by atoms with van der Waals surface area (Å²) in [4.78, 5) is 26.6. The Hall–Kier alpha value is -1.95. The molecule has 1 aliphatic rings. The van der Waals surface area contributed by atoms with Crippen molar-refractivity contribution >= 4 is 23.6 Å². The maximum Gasteiger partial charge on any atom is 0.407 e. The Kier molecular flexibility index (Phi) is 7.36. The van der Waals surface area contributed by atoms with Crippen molar-refractivity contribution in [3.05, 3.63) is 29.3 Å². The SMILES string of the molecule is C[C@H](Oc1cccc(Cl)c1)C(=O)N1CCCC[C@@H]1CNC(=O)OC(C)(C)C. The predicted molar refractivity (Wildman–Crippen MR) is 105 cm³/mol. The summed E-state index contributed by atoms with van der Waals surface area (Å²) in [7, 11) is 0. The van der Waals surface area contributed by atoms with Crippen LogP contribution in [0.2, 0.25) is 5.02 Å². The van der Waals surface area contributed by atoms with E-state index in [-0.39, 0.29) is 11.9 Å². The zero-order valence-electron chi connectivity index (χ0n) is 16.5. The lowest BCUT2D eigenvalue weighted by atomic mass is 10.0. The van der Waals surface area contributed by atoms with Crippen LogP contribution in [0.15, 0.2) is 24.3 Å².